The van der Waals surface area contributed by atoms with Gasteiger partial charge in [0, 0.05) is 32.1 Å². The van der Waals surface area contributed by atoms with Gasteiger partial charge in [-0.05, 0) is 146 Å². The lowest BCUT2D eigenvalue weighted by Crippen LogP contribution is -2.28. The number of fused-ring (bicyclic) bond motifs is 16. The minimum atomic E-state index is -0.588. The maximum absolute atomic E-state index is 2.68. The van der Waals surface area contributed by atoms with Gasteiger partial charge in [-0.1, -0.05) is 269 Å². The normalized spacial score (nSPS) is 17.0. The molecule has 10 aromatic rings. The summed E-state index contributed by atoms with van der Waals surface area (Å²) >= 11 is 1.98. The van der Waals surface area contributed by atoms with E-state index in [2.05, 4.69) is 269 Å². The summed E-state index contributed by atoms with van der Waals surface area (Å²) < 4.78 is 0. The summed E-state index contributed by atoms with van der Waals surface area (Å²) in [5, 5.41) is 0. The van der Waals surface area contributed by atoms with Crippen LogP contribution in [-0.2, 0) is 33.5 Å². The van der Waals surface area contributed by atoms with E-state index in [1.807, 2.05) is 11.3 Å². The van der Waals surface area contributed by atoms with Gasteiger partial charge in [0.15, 0.2) is 0 Å². The molecule has 0 bridgehead atoms. The number of hydrogen-bond donors (Lipinski definition) is 0. The molecule has 1 spiro atoms. The van der Waals surface area contributed by atoms with Crippen LogP contribution < -0.4 is 0 Å². The highest BCUT2D eigenvalue weighted by molar-refractivity contribution is 7.19. The molecule has 1 heterocycles. The number of benzene rings is 9. The summed E-state index contributed by atoms with van der Waals surface area (Å²) in [5.41, 5.74) is 31.0. The third kappa shape index (κ3) is 6.95. The quantitative estimate of drug-likeness (QED) is 0.149. The van der Waals surface area contributed by atoms with Crippen LogP contribution in [0.1, 0.15) is 154 Å². The van der Waals surface area contributed by atoms with E-state index in [9.17, 15) is 0 Å². The SMILES string of the molecule is CC(C)(C)c1ccc2c(c1)C1(c3ccccc3-c3c(-c4ccccc4)sc(-c4ccccc4)c31)c1cc(C(C)(C)C)cc(C(CCc3ccc4c(c3)C(C)(C)c3ccccc3-4)c3ccc4c(c3)C(C)(C)c3ccccc3-4)c1-2. The lowest BCUT2D eigenvalue weighted by molar-refractivity contribution is 0.584. The molecule has 0 saturated carbocycles. The van der Waals surface area contributed by atoms with E-state index in [4.69, 9.17) is 0 Å². The molecule has 0 N–H and O–H groups in total. The second kappa shape index (κ2) is 16.8. The molecule has 378 valence electrons. The Labute approximate surface area is 461 Å². The second-order valence-corrected chi connectivity index (χ2v) is 26.9. The van der Waals surface area contributed by atoms with Crippen molar-refractivity contribution in [2.45, 2.75) is 115 Å². The van der Waals surface area contributed by atoms with Crippen LogP contribution >= 0.6 is 11.3 Å². The van der Waals surface area contributed by atoms with E-state index in [1.165, 1.54) is 138 Å². The van der Waals surface area contributed by atoms with Crippen LogP contribution in [0, 0.1) is 0 Å². The molecule has 0 amide bonds. The van der Waals surface area contributed by atoms with Gasteiger partial charge in [0.25, 0.3) is 0 Å². The van der Waals surface area contributed by atoms with Crippen molar-refractivity contribution in [2.75, 3.05) is 0 Å². The average Bonchev–Trinajstić information content (AvgIpc) is 3.84. The van der Waals surface area contributed by atoms with Crippen molar-refractivity contribution >= 4 is 11.3 Å². The molecule has 1 aromatic heterocycles. The van der Waals surface area contributed by atoms with Crippen LogP contribution in [0.15, 0.2) is 200 Å². The molecule has 77 heavy (non-hydrogen) atoms. The van der Waals surface area contributed by atoms with Gasteiger partial charge in [-0.25, -0.2) is 0 Å². The van der Waals surface area contributed by atoms with Crippen molar-refractivity contribution < 1.29 is 0 Å². The number of aryl methyl sites for hydroxylation is 1. The summed E-state index contributed by atoms with van der Waals surface area (Å²) in [7, 11) is 0. The van der Waals surface area contributed by atoms with Gasteiger partial charge in [0.05, 0.1) is 5.41 Å². The van der Waals surface area contributed by atoms with Crippen molar-refractivity contribution in [2.24, 2.45) is 0 Å². The Morgan fingerprint density at radius 1 is 0.390 bits per heavy atom. The smallest absolute Gasteiger partial charge is 0.0740 e. The van der Waals surface area contributed by atoms with Crippen molar-refractivity contribution in [3.05, 3.63) is 273 Å². The summed E-state index contributed by atoms with van der Waals surface area (Å²) in [4.78, 5) is 2.70. The molecule has 0 aliphatic heterocycles. The molecule has 4 aliphatic carbocycles. The van der Waals surface area contributed by atoms with Gasteiger partial charge < -0.3 is 0 Å². The monoisotopic (exact) mass is 1010 g/mol. The number of hydrogen-bond acceptors (Lipinski definition) is 1. The third-order valence-corrected chi connectivity index (χ3v) is 20.0. The van der Waals surface area contributed by atoms with Crippen LogP contribution in [0.25, 0.3) is 65.4 Å². The van der Waals surface area contributed by atoms with E-state index in [0.29, 0.717) is 0 Å². The van der Waals surface area contributed by atoms with Crippen LogP contribution in [0.5, 0.6) is 0 Å². The predicted molar refractivity (Wildman–Crippen MR) is 327 cm³/mol. The summed E-state index contributed by atoms with van der Waals surface area (Å²) in [6, 6.07) is 78.2. The van der Waals surface area contributed by atoms with E-state index in [-0.39, 0.29) is 27.6 Å². The average molecular weight is 1010 g/mol. The summed E-state index contributed by atoms with van der Waals surface area (Å²) in [6.45, 7) is 24.2. The van der Waals surface area contributed by atoms with E-state index < -0.39 is 5.41 Å². The van der Waals surface area contributed by atoms with Crippen LogP contribution in [0.4, 0.5) is 0 Å². The van der Waals surface area contributed by atoms with E-state index >= 15 is 0 Å². The fourth-order valence-electron chi connectivity index (χ4n) is 14.7. The zero-order valence-corrected chi connectivity index (χ0v) is 47.3. The molecule has 1 heteroatoms. The maximum atomic E-state index is 2.68. The van der Waals surface area contributed by atoms with Crippen LogP contribution in [0.3, 0.4) is 0 Å². The summed E-state index contributed by atoms with van der Waals surface area (Å²) in [5.74, 6) is 0.0895. The zero-order valence-electron chi connectivity index (χ0n) is 46.5. The first-order valence-corrected chi connectivity index (χ1v) is 29.0. The Balaban J connectivity index is 1.07. The molecular formula is C76H68S. The lowest BCUT2D eigenvalue weighted by Gasteiger charge is -2.34. The van der Waals surface area contributed by atoms with Gasteiger partial charge >= 0.3 is 0 Å². The predicted octanol–water partition coefficient (Wildman–Crippen LogP) is 20.4. The zero-order chi connectivity index (χ0) is 53.0. The molecule has 2 unspecified atom stereocenters. The largest absolute Gasteiger partial charge is 0.134 e. The Morgan fingerprint density at radius 2 is 0.883 bits per heavy atom. The van der Waals surface area contributed by atoms with E-state index in [0.717, 1.165) is 12.8 Å². The second-order valence-electron chi connectivity index (χ2n) is 25.9. The highest BCUT2D eigenvalue weighted by atomic mass is 32.1. The van der Waals surface area contributed by atoms with Gasteiger partial charge in [0.1, 0.15) is 0 Å². The fourth-order valence-corrected chi connectivity index (χ4v) is 16.0. The highest BCUT2D eigenvalue weighted by Gasteiger charge is 2.56. The van der Waals surface area contributed by atoms with Crippen molar-refractivity contribution in [1.82, 2.24) is 0 Å². The van der Waals surface area contributed by atoms with Gasteiger partial charge in [-0.2, -0.15) is 0 Å². The highest BCUT2D eigenvalue weighted by Crippen LogP contribution is 2.69. The molecule has 2 atom stereocenters. The van der Waals surface area contributed by atoms with Crippen molar-refractivity contribution in [3.63, 3.8) is 0 Å². The van der Waals surface area contributed by atoms with Gasteiger partial charge in [0.2, 0.25) is 0 Å². The molecule has 9 aromatic carbocycles. The Hall–Kier alpha value is -7.32. The third-order valence-electron chi connectivity index (χ3n) is 18.7. The Bertz CT molecular complexity index is 4050. The maximum Gasteiger partial charge on any atom is 0.0740 e. The summed E-state index contributed by atoms with van der Waals surface area (Å²) in [6.07, 6.45) is 1.92. The topological polar surface area (TPSA) is 0 Å². The van der Waals surface area contributed by atoms with Gasteiger partial charge in [-0.15, -0.1) is 11.3 Å². The van der Waals surface area contributed by atoms with Gasteiger partial charge in [-0.3, -0.25) is 0 Å². The standard InChI is InChI=1S/C76H68S/c1-72(2,3)50-36-40-58-65(44-50)76(62-32-22-19-29-57(62)68-69(76)71(48-25-15-12-16-26-48)77-70(68)47-23-13-11-14-24-47)66-45-51(73(4,5)6)43-59(67(58)66)52(49-35-39-56-54-28-18-21-31-61(54)75(9,10)64(56)42-49)37-33-46-34-38-55-53-27-17-20-30-60(53)74(7,8)63(55)41-46/h11-32,34-36,38-45,52H,33,37H2,1-10H3. The Kier molecular flexibility index (Phi) is 10.5. The molecule has 0 radical (unpaired) electrons. The fraction of sp³-hybridized carbons (Fsp3) is 0.237. The Morgan fingerprint density at radius 3 is 1.51 bits per heavy atom. The van der Waals surface area contributed by atoms with Crippen LogP contribution in [0.2, 0.25) is 0 Å². The molecule has 4 aliphatic rings. The first-order chi connectivity index (χ1) is 37.0. The lowest BCUT2D eigenvalue weighted by atomic mass is 9.67. The molecule has 14 rings (SSSR count). The minimum absolute atomic E-state index is 0.0647. The minimum Gasteiger partial charge on any atom is -0.134 e. The molecule has 0 nitrogen and oxygen atoms in total. The first kappa shape index (κ1) is 48.1. The van der Waals surface area contributed by atoms with Crippen molar-refractivity contribution in [3.8, 4) is 65.4 Å². The molecule has 0 saturated heterocycles. The first-order valence-electron chi connectivity index (χ1n) is 28.2. The number of thiophene rings is 1. The van der Waals surface area contributed by atoms with Crippen LogP contribution in [-0.4, -0.2) is 0 Å². The number of rotatable bonds is 7. The van der Waals surface area contributed by atoms with E-state index in [1.54, 1.807) is 0 Å². The van der Waals surface area contributed by atoms with Crippen molar-refractivity contribution in [1.29, 1.82) is 0 Å². The molecule has 0 fully saturated rings. The molecular weight excluding hydrogens is 945 g/mol.